The second-order valence-electron chi connectivity index (χ2n) is 6.84. The van der Waals surface area contributed by atoms with Crippen LogP contribution in [0.3, 0.4) is 0 Å². The number of hydrogen-bond donors (Lipinski definition) is 1. The maximum absolute atomic E-state index is 12.7. The van der Waals surface area contributed by atoms with E-state index >= 15 is 0 Å². The smallest absolute Gasteiger partial charge is 0.325 e. The summed E-state index contributed by atoms with van der Waals surface area (Å²) < 4.78 is 38.1. The van der Waals surface area contributed by atoms with Crippen molar-refractivity contribution in [3.63, 3.8) is 0 Å². The molecular weight excluding hydrogens is 415 g/mol. The van der Waals surface area contributed by atoms with Crippen LogP contribution in [0.2, 0.25) is 0 Å². The van der Waals surface area contributed by atoms with Crippen LogP contribution in [0, 0.1) is 0 Å². The first-order valence-corrected chi connectivity index (χ1v) is 9.97. The van der Waals surface area contributed by atoms with Gasteiger partial charge in [0.1, 0.15) is 11.0 Å². The number of rotatable bonds is 5. The molecule has 0 aliphatic carbocycles. The van der Waals surface area contributed by atoms with Crippen LogP contribution in [-0.2, 0) is 23.9 Å². The minimum Gasteiger partial charge on any atom is -0.325 e. The lowest BCUT2D eigenvalue weighted by atomic mass is 10.1. The van der Waals surface area contributed by atoms with Gasteiger partial charge in [0.05, 0.1) is 17.8 Å². The maximum Gasteiger partial charge on any atom is 0.416 e. The van der Waals surface area contributed by atoms with E-state index in [-0.39, 0.29) is 12.5 Å². The van der Waals surface area contributed by atoms with E-state index in [1.54, 1.807) is 5.38 Å². The van der Waals surface area contributed by atoms with E-state index in [2.05, 4.69) is 10.3 Å². The van der Waals surface area contributed by atoms with E-state index in [4.69, 9.17) is 0 Å². The van der Waals surface area contributed by atoms with E-state index in [0.29, 0.717) is 22.7 Å². The molecule has 1 N–H and O–H groups in total. The van der Waals surface area contributed by atoms with Crippen LogP contribution in [0.1, 0.15) is 16.8 Å². The van der Waals surface area contributed by atoms with Gasteiger partial charge in [-0.3, -0.25) is 9.69 Å². The highest BCUT2D eigenvalue weighted by atomic mass is 32.1. The summed E-state index contributed by atoms with van der Waals surface area (Å²) in [6.07, 6.45) is -4.00. The van der Waals surface area contributed by atoms with Gasteiger partial charge in [0.25, 0.3) is 5.91 Å². The predicted octanol–water partition coefficient (Wildman–Crippen LogP) is 4.49. The second-order valence-corrected chi connectivity index (χ2v) is 7.69. The van der Waals surface area contributed by atoms with Crippen LogP contribution in [0.5, 0.6) is 0 Å². The highest BCUT2D eigenvalue weighted by Gasteiger charge is 2.38. The third-order valence-electron chi connectivity index (χ3n) is 4.72. The number of nitrogens with one attached hydrogen (secondary N) is 1. The number of benzene rings is 2. The molecule has 2 aromatic carbocycles. The molecule has 1 unspecified atom stereocenters. The van der Waals surface area contributed by atoms with Crippen LogP contribution in [0.25, 0.3) is 10.6 Å². The molecule has 2 heterocycles. The van der Waals surface area contributed by atoms with Gasteiger partial charge in [-0.15, -0.1) is 11.3 Å². The van der Waals surface area contributed by atoms with Gasteiger partial charge < -0.3 is 5.32 Å². The Morgan fingerprint density at radius 2 is 1.73 bits per heavy atom. The molecule has 9 heteroatoms. The number of aromatic nitrogens is 1. The highest BCUT2D eigenvalue weighted by Crippen LogP contribution is 2.32. The van der Waals surface area contributed by atoms with Crippen molar-refractivity contribution in [3.8, 4) is 10.6 Å². The molecule has 1 atom stereocenters. The molecular formula is C21H16F3N3O2S. The number of urea groups is 1. The average molecular weight is 431 g/mol. The molecule has 0 saturated carbocycles. The Morgan fingerprint density at radius 3 is 2.40 bits per heavy atom. The molecule has 30 heavy (non-hydrogen) atoms. The fourth-order valence-electron chi connectivity index (χ4n) is 3.19. The fourth-order valence-corrected chi connectivity index (χ4v) is 4.01. The number of carbonyl (C=O) groups excluding carboxylic acids is 2. The van der Waals surface area contributed by atoms with Crippen LogP contribution in [0.4, 0.5) is 18.0 Å². The highest BCUT2D eigenvalue weighted by molar-refractivity contribution is 7.13. The molecule has 0 radical (unpaired) electrons. The lowest BCUT2D eigenvalue weighted by Crippen LogP contribution is -2.32. The third kappa shape index (κ3) is 4.20. The molecule has 1 saturated heterocycles. The van der Waals surface area contributed by atoms with E-state index < -0.39 is 23.8 Å². The quantitative estimate of drug-likeness (QED) is 0.606. The zero-order valence-corrected chi connectivity index (χ0v) is 16.3. The second kappa shape index (κ2) is 7.91. The van der Waals surface area contributed by atoms with Gasteiger partial charge in [-0.25, -0.2) is 9.78 Å². The maximum atomic E-state index is 12.7. The van der Waals surface area contributed by atoms with Crippen molar-refractivity contribution in [2.24, 2.45) is 0 Å². The number of carbonyl (C=O) groups is 2. The Kier molecular flexibility index (Phi) is 5.29. The summed E-state index contributed by atoms with van der Waals surface area (Å²) >= 11 is 1.24. The molecule has 5 nitrogen and oxygen atoms in total. The van der Waals surface area contributed by atoms with Crippen molar-refractivity contribution in [3.05, 3.63) is 76.8 Å². The summed E-state index contributed by atoms with van der Waals surface area (Å²) in [5.41, 5.74) is 1.25. The van der Waals surface area contributed by atoms with E-state index in [1.807, 2.05) is 30.3 Å². The standard InChI is InChI=1S/C21H16F3N3O2S/c22-21(23,24)15-8-6-14(7-9-15)18-25-16(12-30-18)11-27-19(28)17(26-20(27)29)10-13-4-2-1-3-5-13/h1-9,12,17H,10-11H2,(H,26,29). The Morgan fingerprint density at radius 1 is 1.03 bits per heavy atom. The first-order valence-electron chi connectivity index (χ1n) is 9.09. The summed E-state index contributed by atoms with van der Waals surface area (Å²) in [6.45, 7) is 0.00703. The molecule has 154 valence electrons. The number of nitrogens with zero attached hydrogens (tertiary/aromatic N) is 2. The lowest BCUT2D eigenvalue weighted by molar-refractivity contribution is -0.137. The monoisotopic (exact) mass is 431 g/mol. The van der Waals surface area contributed by atoms with Crippen LogP contribution in [0.15, 0.2) is 60.0 Å². The molecule has 1 fully saturated rings. The van der Waals surface area contributed by atoms with Gasteiger partial charge in [-0.2, -0.15) is 13.2 Å². The van der Waals surface area contributed by atoms with Crippen LogP contribution >= 0.6 is 11.3 Å². The Balaban J connectivity index is 1.44. The number of hydrogen-bond acceptors (Lipinski definition) is 4. The van der Waals surface area contributed by atoms with Gasteiger partial charge in [0.15, 0.2) is 0 Å². The van der Waals surface area contributed by atoms with Crippen molar-refractivity contribution in [1.29, 1.82) is 0 Å². The van der Waals surface area contributed by atoms with Gasteiger partial charge in [-0.05, 0) is 17.7 Å². The van der Waals surface area contributed by atoms with Crippen molar-refractivity contribution < 1.29 is 22.8 Å². The normalized spacial score (nSPS) is 16.8. The van der Waals surface area contributed by atoms with E-state index in [0.717, 1.165) is 22.6 Å². The average Bonchev–Trinajstić information content (AvgIpc) is 3.29. The van der Waals surface area contributed by atoms with Gasteiger partial charge >= 0.3 is 12.2 Å². The van der Waals surface area contributed by atoms with Crippen molar-refractivity contribution in [2.45, 2.75) is 25.2 Å². The van der Waals surface area contributed by atoms with E-state index in [1.165, 1.54) is 23.5 Å². The van der Waals surface area contributed by atoms with Crippen molar-refractivity contribution in [1.82, 2.24) is 15.2 Å². The number of amides is 3. The van der Waals surface area contributed by atoms with Gasteiger partial charge in [-0.1, -0.05) is 42.5 Å². The number of thiazole rings is 1. The number of alkyl halides is 3. The topological polar surface area (TPSA) is 62.3 Å². The van der Waals surface area contributed by atoms with Crippen molar-refractivity contribution >= 4 is 23.3 Å². The van der Waals surface area contributed by atoms with Gasteiger partial charge in [0, 0.05) is 17.4 Å². The minimum absolute atomic E-state index is 0.00703. The zero-order valence-electron chi connectivity index (χ0n) is 15.5. The molecule has 3 amide bonds. The summed E-state index contributed by atoms with van der Waals surface area (Å²) in [7, 11) is 0. The fraction of sp³-hybridized carbons (Fsp3) is 0.190. The zero-order chi connectivity index (χ0) is 21.3. The molecule has 1 aliphatic heterocycles. The van der Waals surface area contributed by atoms with Gasteiger partial charge in [0.2, 0.25) is 0 Å². The molecule has 1 aliphatic rings. The molecule has 0 spiro atoms. The van der Waals surface area contributed by atoms with Crippen LogP contribution in [-0.4, -0.2) is 27.9 Å². The summed E-state index contributed by atoms with van der Waals surface area (Å²) in [4.78, 5) is 30.4. The summed E-state index contributed by atoms with van der Waals surface area (Å²) in [5.74, 6) is -0.326. The molecule has 3 aromatic rings. The Bertz CT molecular complexity index is 1070. The van der Waals surface area contributed by atoms with Crippen molar-refractivity contribution in [2.75, 3.05) is 0 Å². The lowest BCUT2D eigenvalue weighted by Gasteiger charge is -2.11. The predicted molar refractivity (Wildman–Crippen MR) is 106 cm³/mol. The summed E-state index contributed by atoms with van der Waals surface area (Å²) in [6, 6.07) is 13.0. The third-order valence-corrected chi connectivity index (χ3v) is 5.66. The Labute approximate surface area is 174 Å². The molecule has 1 aromatic heterocycles. The minimum atomic E-state index is -4.40. The first kappa shape index (κ1) is 20.1. The summed E-state index contributed by atoms with van der Waals surface area (Å²) in [5, 5.41) is 4.90. The van der Waals surface area contributed by atoms with Crippen LogP contribution < -0.4 is 5.32 Å². The molecule has 0 bridgehead atoms. The van der Waals surface area contributed by atoms with E-state index in [9.17, 15) is 22.8 Å². The first-order chi connectivity index (χ1) is 14.3. The molecule has 4 rings (SSSR count). The number of halogens is 3. The number of imide groups is 1. The largest absolute Gasteiger partial charge is 0.416 e. The Hall–Kier alpha value is -3.20. The SMILES string of the molecule is O=C1NC(Cc2ccccc2)C(=O)N1Cc1csc(-c2ccc(C(F)(F)F)cc2)n1.